The third kappa shape index (κ3) is 2.94. The summed E-state index contributed by atoms with van der Waals surface area (Å²) < 4.78 is 2.16. The lowest BCUT2D eigenvalue weighted by atomic mass is 9.88. The zero-order chi connectivity index (χ0) is 16.4. The Labute approximate surface area is 142 Å². The van der Waals surface area contributed by atoms with Crippen LogP contribution in [-0.4, -0.2) is 10.5 Å². The molecule has 4 rings (SSSR count). The Bertz CT molecular complexity index is 865. The van der Waals surface area contributed by atoms with Gasteiger partial charge in [0.2, 0.25) is 5.91 Å². The van der Waals surface area contributed by atoms with Crippen LogP contribution in [0.2, 0.25) is 0 Å². The molecule has 1 atom stereocenters. The Hall–Kier alpha value is -2.55. The maximum atomic E-state index is 12.4. The van der Waals surface area contributed by atoms with Gasteiger partial charge in [0.1, 0.15) is 0 Å². The topological polar surface area (TPSA) is 34.0 Å². The van der Waals surface area contributed by atoms with Crippen LogP contribution in [0.4, 0.5) is 0 Å². The molecule has 1 N–H and O–H groups in total. The van der Waals surface area contributed by atoms with Gasteiger partial charge in [0, 0.05) is 24.7 Å². The zero-order valence-electron chi connectivity index (χ0n) is 13.7. The number of nitrogens with zero attached hydrogens (tertiary/aromatic N) is 1. The summed E-state index contributed by atoms with van der Waals surface area (Å²) in [5.41, 5.74) is 3.86. The molecule has 24 heavy (non-hydrogen) atoms. The average molecular weight is 318 g/mol. The van der Waals surface area contributed by atoms with Gasteiger partial charge >= 0.3 is 0 Å². The standard InChI is InChI=1S/C21H22N2O/c24-21(13-15-23-14-12-17-7-2-4-11-20(17)23)22-19-10-5-8-16-6-1-3-9-18(16)19/h1-4,6-7,9,11-12,14,19H,5,8,10,13,15H2,(H,22,24)/t19-/m1/s1. The first-order chi connectivity index (χ1) is 11.8. The maximum absolute atomic E-state index is 12.4. The number of fused-ring (bicyclic) bond motifs is 2. The molecule has 0 saturated carbocycles. The van der Waals surface area contributed by atoms with Crippen LogP contribution in [-0.2, 0) is 17.8 Å². The Morgan fingerprint density at radius 1 is 1.08 bits per heavy atom. The minimum absolute atomic E-state index is 0.134. The number of aryl methyl sites for hydroxylation is 2. The Morgan fingerprint density at radius 2 is 1.92 bits per heavy atom. The molecule has 0 unspecified atom stereocenters. The van der Waals surface area contributed by atoms with E-state index in [4.69, 9.17) is 0 Å². The van der Waals surface area contributed by atoms with E-state index < -0.39 is 0 Å². The number of rotatable bonds is 4. The quantitative estimate of drug-likeness (QED) is 0.767. The van der Waals surface area contributed by atoms with Crippen LogP contribution in [0, 0.1) is 0 Å². The van der Waals surface area contributed by atoms with E-state index in [9.17, 15) is 4.79 Å². The van der Waals surface area contributed by atoms with Gasteiger partial charge in [0.05, 0.1) is 6.04 Å². The largest absolute Gasteiger partial charge is 0.349 e. The van der Waals surface area contributed by atoms with Gasteiger partial charge in [-0.3, -0.25) is 4.79 Å². The minimum Gasteiger partial charge on any atom is -0.349 e. The van der Waals surface area contributed by atoms with Gasteiger partial charge in [0.15, 0.2) is 0 Å². The summed E-state index contributed by atoms with van der Waals surface area (Å²) in [6, 6.07) is 19.0. The predicted octanol–water partition coefficient (Wildman–Crippen LogP) is 4.23. The molecule has 2 aromatic carbocycles. The summed E-state index contributed by atoms with van der Waals surface area (Å²) >= 11 is 0. The van der Waals surface area contributed by atoms with Crippen LogP contribution >= 0.6 is 0 Å². The van der Waals surface area contributed by atoms with Gasteiger partial charge in [-0.2, -0.15) is 0 Å². The fraction of sp³-hybridized carbons (Fsp3) is 0.286. The van der Waals surface area contributed by atoms with Crippen molar-refractivity contribution in [1.29, 1.82) is 0 Å². The van der Waals surface area contributed by atoms with Gasteiger partial charge in [0.25, 0.3) is 0 Å². The van der Waals surface area contributed by atoms with Crippen molar-refractivity contribution in [1.82, 2.24) is 9.88 Å². The molecular weight excluding hydrogens is 296 g/mol. The van der Waals surface area contributed by atoms with E-state index in [0.717, 1.165) is 19.3 Å². The highest BCUT2D eigenvalue weighted by atomic mass is 16.1. The van der Waals surface area contributed by atoms with Crippen LogP contribution < -0.4 is 5.32 Å². The minimum atomic E-state index is 0.134. The van der Waals surface area contributed by atoms with E-state index in [1.165, 1.54) is 22.0 Å². The SMILES string of the molecule is O=C(CCn1ccc2ccccc21)N[C@@H]1CCCc2ccccc21. The summed E-state index contributed by atoms with van der Waals surface area (Å²) in [7, 11) is 0. The zero-order valence-corrected chi connectivity index (χ0v) is 13.7. The molecule has 0 spiro atoms. The molecule has 0 radical (unpaired) electrons. The number of benzene rings is 2. The first-order valence-electron chi connectivity index (χ1n) is 8.72. The Kier molecular flexibility index (Phi) is 4.08. The molecule has 3 aromatic rings. The maximum Gasteiger partial charge on any atom is 0.222 e. The number of carbonyl (C=O) groups is 1. The van der Waals surface area contributed by atoms with Crippen LogP contribution in [0.25, 0.3) is 10.9 Å². The van der Waals surface area contributed by atoms with E-state index >= 15 is 0 Å². The highest BCUT2D eigenvalue weighted by molar-refractivity contribution is 5.80. The molecule has 122 valence electrons. The number of hydrogen-bond donors (Lipinski definition) is 1. The second kappa shape index (κ2) is 6.52. The van der Waals surface area contributed by atoms with Crippen molar-refractivity contribution in [3.8, 4) is 0 Å². The molecule has 0 bridgehead atoms. The second-order valence-electron chi connectivity index (χ2n) is 6.53. The number of para-hydroxylation sites is 1. The van der Waals surface area contributed by atoms with Gasteiger partial charge < -0.3 is 9.88 Å². The second-order valence-corrected chi connectivity index (χ2v) is 6.53. The molecule has 1 aliphatic rings. The molecule has 1 aliphatic carbocycles. The summed E-state index contributed by atoms with van der Waals surface area (Å²) in [5.74, 6) is 0.134. The van der Waals surface area contributed by atoms with Crippen LogP contribution in [0.15, 0.2) is 60.8 Å². The first kappa shape index (κ1) is 15.0. The molecule has 1 aromatic heterocycles. The van der Waals surface area contributed by atoms with Gasteiger partial charge in [-0.15, -0.1) is 0 Å². The van der Waals surface area contributed by atoms with Gasteiger partial charge in [-0.1, -0.05) is 42.5 Å². The van der Waals surface area contributed by atoms with E-state index in [1.807, 2.05) is 12.1 Å². The van der Waals surface area contributed by atoms with E-state index in [0.29, 0.717) is 13.0 Å². The molecule has 0 fully saturated rings. The normalized spacial score (nSPS) is 16.8. The van der Waals surface area contributed by atoms with Crippen molar-refractivity contribution in [2.45, 2.75) is 38.3 Å². The first-order valence-corrected chi connectivity index (χ1v) is 8.72. The van der Waals surface area contributed by atoms with Crippen molar-refractivity contribution < 1.29 is 4.79 Å². The molecule has 0 saturated heterocycles. The summed E-state index contributed by atoms with van der Waals surface area (Å²) in [5, 5.41) is 4.45. The Balaban J connectivity index is 1.41. The molecule has 1 heterocycles. The van der Waals surface area contributed by atoms with E-state index in [1.54, 1.807) is 0 Å². The monoisotopic (exact) mass is 318 g/mol. The molecule has 3 nitrogen and oxygen atoms in total. The number of carbonyl (C=O) groups excluding carboxylic acids is 1. The summed E-state index contributed by atoms with van der Waals surface area (Å²) in [6.45, 7) is 0.716. The number of hydrogen-bond acceptors (Lipinski definition) is 1. The summed E-state index contributed by atoms with van der Waals surface area (Å²) in [4.78, 5) is 12.4. The fourth-order valence-corrected chi connectivity index (χ4v) is 3.73. The highest BCUT2D eigenvalue weighted by Crippen LogP contribution is 2.29. The molecule has 1 amide bonds. The number of nitrogens with one attached hydrogen (secondary N) is 1. The third-order valence-corrected chi connectivity index (χ3v) is 4.96. The van der Waals surface area contributed by atoms with Crippen molar-refractivity contribution >= 4 is 16.8 Å². The average Bonchev–Trinajstić information content (AvgIpc) is 3.04. The van der Waals surface area contributed by atoms with Crippen molar-refractivity contribution in [2.24, 2.45) is 0 Å². The van der Waals surface area contributed by atoms with Gasteiger partial charge in [-0.05, 0) is 47.9 Å². The lowest BCUT2D eigenvalue weighted by Crippen LogP contribution is -2.31. The highest BCUT2D eigenvalue weighted by Gasteiger charge is 2.21. The van der Waals surface area contributed by atoms with E-state index in [-0.39, 0.29) is 11.9 Å². The number of amides is 1. The van der Waals surface area contributed by atoms with E-state index in [2.05, 4.69) is 58.5 Å². The van der Waals surface area contributed by atoms with Crippen molar-refractivity contribution in [3.05, 3.63) is 71.9 Å². The predicted molar refractivity (Wildman–Crippen MR) is 96.8 cm³/mol. The lowest BCUT2D eigenvalue weighted by molar-refractivity contribution is -0.122. The fourth-order valence-electron chi connectivity index (χ4n) is 3.73. The molecular formula is C21H22N2O. The smallest absolute Gasteiger partial charge is 0.222 e. The lowest BCUT2D eigenvalue weighted by Gasteiger charge is -2.26. The van der Waals surface area contributed by atoms with Crippen LogP contribution in [0.1, 0.15) is 36.4 Å². The third-order valence-electron chi connectivity index (χ3n) is 4.96. The van der Waals surface area contributed by atoms with Crippen LogP contribution in [0.3, 0.4) is 0 Å². The molecule has 0 aliphatic heterocycles. The number of aromatic nitrogens is 1. The van der Waals surface area contributed by atoms with Crippen LogP contribution in [0.5, 0.6) is 0 Å². The van der Waals surface area contributed by atoms with Crippen molar-refractivity contribution in [2.75, 3.05) is 0 Å². The molecule has 3 heteroatoms. The Morgan fingerprint density at radius 3 is 2.88 bits per heavy atom. The van der Waals surface area contributed by atoms with Gasteiger partial charge in [-0.25, -0.2) is 0 Å². The summed E-state index contributed by atoms with van der Waals surface area (Å²) in [6.07, 6.45) is 5.88. The van der Waals surface area contributed by atoms with Crippen molar-refractivity contribution in [3.63, 3.8) is 0 Å².